The Kier molecular flexibility index (Phi) is 3.82. The van der Waals surface area contributed by atoms with Crippen LogP contribution in [0.3, 0.4) is 0 Å². The Labute approximate surface area is 106 Å². The Morgan fingerprint density at radius 2 is 2.25 bits per heavy atom. The van der Waals surface area contributed by atoms with Crippen molar-refractivity contribution >= 4 is 21.6 Å². The summed E-state index contributed by atoms with van der Waals surface area (Å²) in [5, 5.41) is 0. The Bertz CT molecular complexity index is 356. The molecule has 0 spiro atoms. The van der Waals surface area contributed by atoms with Crippen molar-refractivity contribution < 1.29 is 0 Å². The molecule has 0 amide bonds. The van der Waals surface area contributed by atoms with Crippen molar-refractivity contribution in [2.24, 2.45) is 0 Å². The fraction of sp³-hybridized carbons (Fsp3) is 0.583. The summed E-state index contributed by atoms with van der Waals surface area (Å²) >= 11 is 3.47. The van der Waals surface area contributed by atoms with E-state index >= 15 is 0 Å². The first-order valence-electron chi connectivity index (χ1n) is 5.80. The molecule has 1 aromatic heterocycles. The molecule has 0 aromatic carbocycles. The van der Waals surface area contributed by atoms with Crippen LogP contribution in [-0.4, -0.2) is 42.1 Å². The number of anilines is 1. The van der Waals surface area contributed by atoms with E-state index in [2.05, 4.69) is 50.6 Å². The Balaban J connectivity index is 2.07. The number of rotatable bonds is 2. The van der Waals surface area contributed by atoms with Crippen LogP contribution in [0.25, 0.3) is 0 Å². The maximum atomic E-state index is 4.22. The molecule has 4 heteroatoms. The summed E-state index contributed by atoms with van der Waals surface area (Å²) in [7, 11) is 0. The van der Waals surface area contributed by atoms with Crippen molar-refractivity contribution in [2.75, 3.05) is 31.1 Å². The van der Waals surface area contributed by atoms with Gasteiger partial charge in [0.2, 0.25) is 0 Å². The molecule has 0 aliphatic carbocycles. The van der Waals surface area contributed by atoms with Crippen molar-refractivity contribution in [3.63, 3.8) is 0 Å². The first-order chi connectivity index (χ1) is 7.70. The van der Waals surface area contributed by atoms with Crippen LogP contribution >= 0.6 is 15.9 Å². The van der Waals surface area contributed by atoms with Crippen molar-refractivity contribution in [2.45, 2.75) is 19.9 Å². The Morgan fingerprint density at radius 1 is 1.44 bits per heavy atom. The van der Waals surface area contributed by atoms with Gasteiger partial charge < -0.3 is 4.90 Å². The molecule has 1 aromatic rings. The summed E-state index contributed by atoms with van der Waals surface area (Å²) in [6.45, 7) is 8.99. The van der Waals surface area contributed by atoms with Gasteiger partial charge in [-0.05, 0) is 35.5 Å². The Morgan fingerprint density at radius 3 is 2.88 bits per heavy atom. The minimum Gasteiger partial charge on any atom is -0.367 e. The van der Waals surface area contributed by atoms with Gasteiger partial charge >= 0.3 is 0 Å². The van der Waals surface area contributed by atoms with E-state index in [1.165, 1.54) is 5.69 Å². The highest BCUT2D eigenvalue weighted by molar-refractivity contribution is 9.10. The third-order valence-electron chi connectivity index (χ3n) is 3.23. The SMILES string of the molecule is CCN1CCN(c2cncc(Br)c2)CC1C. The van der Waals surface area contributed by atoms with Gasteiger partial charge in [0.1, 0.15) is 0 Å². The van der Waals surface area contributed by atoms with Gasteiger partial charge in [-0.3, -0.25) is 9.88 Å². The van der Waals surface area contributed by atoms with E-state index in [1.54, 1.807) is 0 Å². The van der Waals surface area contributed by atoms with Crippen LogP contribution in [0.1, 0.15) is 13.8 Å². The molecule has 0 radical (unpaired) electrons. The molecule has 88 valence electrons. The van der Waals surface area contributed by atoms with E-state index in [0.717, 1.165) is 30.7 Å². The predicted octanol–water partition coefficient (Wildman–Crippen LogP) is 2.37. The van der Waals surface area contributed by atoms with Crippen molar-refractivity contribution in [3.05, 3.63) is 22.9 Å². The molecule has 2 heterocycles. The van der Waals surface area contributed by atoms with E-state index in [0.29, 0.717) is 6.04 Å². The predicted molar refractivity (Wildman–Crippen MR) is 70.9 cm³/mol. The van der Waals surface area contributed by atoms with E-state index < -0.39 is 0 Å². The molecule has 2 rings (SSSR count). The number of halogens is 1. The molecule has 1 saturated heterocycles. The summed E-state index contributed by atoms with van der Waals surface area (Å²) in [4.78, 5) is 9.15. The number of hydrogen-bond donors (Lipinski definition) is 0. The van der Waals surface area contributed by atoms with Crippen molar-refractivity contribution in [3.8, 4) is 0 Å². The maximum absolute atomic E-state index is 4.22. The number of piperazine rings is 1. The summed E-state index contributed by atoms with van der Waals surface area (Å²) in [5.74, 6) is 0. The largest absolute Gasteiger partial charge is 0.367 e. The number of pyridine rings is 1. The van der Waals surface area contributed by atoms with Crippen LogP contribution < -0.4 is 4.90 Å². The standard InChI is InChI=1S/C12H18BrN3/c1-3-15-4-5-16(9-10(15)2)12-6-11(13)7-14-8-12/h6-8,10H,3-5,9H2,1-2H3. The minimum absolute atomic E-state index is 0.623. The fourth-order valence-corrected chi connectivity index (χ4v) is 2.63. The normalized spacial score (nSPS) is 22.4. The highest BCUT2D eigenvalue weighted by Gasteiger charge is 2.22. The molecule has 1 aliphatic heterocycles. The molecular formula is C12H18BrN3. The van der Waals surface area contributed by atoms with E-state index in [1.807, 2.05) is 12.4 Å². The monoisotopic (exact) mass is 283 g/mol. The van der Waals surface area contributed by atoms with Gasteiger partial charge in [-0.1, -0.05) is 6.92 Å². The van der Waals surface area contributed by atoms with Gasteiger partial charge in [0, 0.05) is 36.3 Å². The molecule has 1 atom stereocenters. The van der Waals surface area contributed by atoms with Gasteiger partial charge in [-0.25, -0.2) is 0 Å². The van der Waals surface area contributed by atoms with Gasteiger partial charge in [-0.15, -0.1) is 0 Å². The average molecular weight is 284 g/mol. The van der Waals surface area contributed by atoms with Gasteiger partial charge in [-0.2, -0.15) is 0 Å². The lowest BCUT2D eigenvalue weighted by Gasteiger charge is -2.40. The number of aromatic nitrogens is 1. The van der Waals surface area contributed by atoms with Crippen LogP contribution in [-0.2, 0) is 0 Å². The molecule has 0 saturated carbocycles. The highest BCUT2D eigenvalue weighted by atomic mass is 79.9. The van der Waals surface area contributed by atoms with E-state index in [-0.39, 0.29) is 0 Å². The second-order valence-corrected chi connectivity index (χ2v) is 5.20. The van der Waals surface area contributed by atoms with Gasteiger partial charge in [0.15, 0.2) is 0 Å². The summed E-state index contributed by atoms with van der Waals surface area (Å²) in [6.07, 6.45) is 3.77. The van der Waals surface area contributed by atoms with Crippen molar-refractivity contribution in [1.29, 1.82) is 0 Å². The minimum atomic E-state index is 0.623. The van der Waals surface area contributed by atoms with Crippen LogP contribution in [0.5, 0.6) is 0 Å². The number of likely N-dealkylation sites (N-methyl/N-ethyl adjacent to an activating group) is 1. The van der Waals surface area contributed by atoms with Gasteiger partial charge in [0.05, 0.1) is 11.9 Å². The summed E-state index contributed by atoms with van der Waals surface area (Å²) in [5.41, 5.74) is 1.22. The van der Waals surface area contributed by atoms with Crippen LogP contribution in [0.15, 0.2) is 22.9 Å². The van der Waals surface area contributed by atoms with E-state index in [4.69, 9.17) is 0 Å². The zero-order valence-corrected chi connectivity index (χ0v) is 11.4. The topological polar surface area (TPSA) is 19.4 Å². The lowest BCUT2D eigenvalue weighted by molar-refractivity contribution is 0.199. The summed E-state index contributed by atoms with van der Waals surface area (Å²) < 4.78 is 1.05. The second kappa shape index (κ2) is 5.15. The van der Waals surface area contributed by atoms with Crippen LogP contribution in [0, 0.1) is 0 Å². The number of hydrogen-bond acceptors (Lipinski definition) is 3. The molecule has 1 fully saturated rings. The first-order valence-corrected chi connectivity index (χ1v) is 6.59. The summed E-state index contributed by atoms with van der Waals surface area (Å²) in [6, 6.07) is 2.76. The maximum Gasteiger partial charge on any atom is 0.0565 e. The molecule has 1 aliphatic rings. The molecular weight excluding hydrogens is 266 g/mol. The fourth-order valence-electron chi connectivity index (χ4n) is 2.27. The first kappa shape index (κ1) is 11.9. The zero-order chi connectivity index (χ0) is 11.5. The smallest absolute Gasteiger partial charge is 0.0565 e. The highest BCUT2D eigenvalue weighted by Crippen LogP contribution is 2.21. The third kappa shape index (κ3) is 2.55. The average Bonchev–Trinajstić information content (AvgIpc) is 2.29. The lowest BCUT2D eigenvalue weighted by Crippen LogP contribution is -2.51. The zero-order valence-electron chi connectivity index (χ0n) is 9.86. The molecule has 3 nitrogen and oxygen atoms in total. The quantitative estimate of drug-likeness (QED) is 0.831. The second-order valence-electron chi connectivity index (χ2n) is 4.28. The molecule has 0 bridgehead atoms. The third-order valence-corrected chi connectivity index (χ3v) is 3.66. The molecule has 16 heavy (non-hydrogen) atoms. The number of nitrogens with zero attached hydrogens (tertiary/aromatic N) is 3. The lowest BCUT2D eigenvalue weighted by atomic mass is 10.2. The van der Waals surface area contributed by atoms with Crippen molar-refractivity contribution in [1.82, 2.24) is 9.88 Å². The van der Waals surface area contributed by atoms with E-state index in [9.17, 15) is 0 Å². The van der Waals surface area contributed by atoms with Gasteiger partial charge in [0.25, 0.3) is 0 Å². The Hall–Kier alpha value is -0.610. The molecule has 0 N–H and O–H groups in total. The molecule has 1 unspecified atom stereocenters. The van der Waals surface area contributed by atoms with Crippen LogP contribution in [0.2, 0.25) is 0 Å². The van der Waals surface area contributed by atoms with Crippen LogP contribution in [0.4, 0.5) is 5.69 Å².